The van der Waals surface area contributed by atoms with Crippen molar-refractivity contribution in [3.8, 4) is 5.82 Å². The number of pyridine rings is 3. The van der Waals surface area contributed by atoms with E-state index in [0.717, 1.165) is 17.0 Å². The Hall–Kier alpha value is -3.61. The number of hydrogen-bond donors (Lipinski definition) is 2. The third-order valence-corrected chi connectivity index (χ3v) is 6.32. The summed E-state index contributed by atoms with van der Waals surface area (Å²) in [6.45, 7) is 0.736. The van der Waals surface area contributed by atoms with Crippen LogP contribution in [0.15, 0.2) is 35.4 Å². The Morgan fingerprint density at radius 1 is 1.19 bits per heavy atom. The van der Waals surface area contributed by atoms with Crippen LogP contribution in [0.5, 0.6) is 0 Å². The molecule has 2 atom stereocenters. The monoisotopic (exact) mass is 509 g/mol. The highest BCUT2D eigenvalue weighted by Crippen LogP contribution is 2.40. The molecular formula is C23H20F5N5O3. The number of nitrogens with zero attached hydrogens (tertiary/aromatic N) is 4. The lowest BCUT2D eigenvalue weighted by Crippen LogP contribution is -2.48. The number of alkyl halides is 3. The predicted molar refractivity (Wildman–Crippen MR) is 118 cm³/mol. The van der Waals surface area contributed by atoms with Crippen LogP contribution in [0, 0.1) is 17.6 Å². The maximum Gasteiger partial charge on any atom is 0.408 e. The first kappa shape index (κ1) is 24.1. The van der Waals surface area contributed by atoms with E-state index in [2.05, 4.69) is 9.97 Å². The molecule has 3 aromatic heterocycles. The second kappa shape index (κ2) is 8.80. The summed E-state index contributed by atoms with van der Waals surface area (Å²) in [6, 6.07) is 1.20. The van der Waals surface area contributed by atoms with Crippen LogP contribution in [-0.2, 0) is 0 Å². The smallest absolute Gasteiger partial charge is 0.391 e. The molecule has 1 aliphatic carbocycles. The number of hydrogen-bond acceptors (Lipinski definition) is 6. The van der Waals surface area contributed by atoms with Crippen molar-refractivity contribution < 1.29 is 31.9 Å². The number of β-amino-alcohol motifs (C(OH)–C–C–N with tert-alkyl or cyclic N) is 1. The van der Waals surface area contributed by atoms with E-state index >= 15 is 0 Å². The van der Waals surface area contributed by atoms with E-state index in [1.165, 1.54) is 12.1 Å². The molecule has 0 spiro atoms. The van der Waals surface area contributed by atoms with E-state index in [1.54, 1.807) is 4.90 Å². The largest absolute Gasteiger partial charge is 0.408 e. The van der Waals surface area contributed by atoms with Crippen molar-refractivity contribution in [1.82, 2.24) is 19.9 Å². The van der Waals surface area contributed by atoms with Crippen LogP contribution in [0.2, 0.25) is 0 Å². The number of aliphatic hydroxyl groups excluding tert-OH is 1. The van der Waals surface area contributed by atoms with Crippen molar-refractivity contribution in [2.45, 2.75) is 37.6 Å². The molecule has 36 heavy (non-hydrogen) atoms. The van der Waals surface area contributed by atoms with Gasteiger partial charge >= 0.3 is 6.18 Å². The van der Waals surface area contributed by atoms with Crippen molar-refractivity contribution in [3.05, 3.63) is 58.0 Å². The first-order chi connectivity index (χ1) is 17.0. The molecular weight excluding hydrogens is 489 g/mol. The van der Waals surface area contributed by atoms with Crippen LogP contribution in [0.25, 0.3) is 16.9 Å². The number of halogens is 5. The fraction of sp³-hybridized carbons (Fsp3) is 0.391. The molecule has 1 unspecified atom stereocenters. The van der Waals surface area contributed by atoms with E-state index in [0.29, 0.717) is 24.8 Å². The number of carbonyl (C=O) groups is 1. The number of anilines is 1. The summed E-state index contributed by atoms with van der Waals surface area (Å²) in [5, 5.41) is 11.6. The van der Waals surface area contributed by atoms with Crippen molar-refractivity contribution in [3.63, 3.8) is 0 Å². The lowest BCUT2D eigenvalue weighted by molar-refractivity contribution is -0.158. The molecule has 1 amide bonds. The molecule has 1 aliphatic heterocycles. The SMILES string of the molecule is O=C(NC(C1CC1)C(F)(F)F)c1cn(-c2ncc(F)cc2F)c2nc(N3CC[C@@H](O)C3)ccc2c1=O. The molecule has 0 radical (unpaired) electrons. The number of carbonyl (C=O) groups excluding carboxylic acids is 1. The number of rotatable bonds is 5. The minimum Gasteiger partial charge on any atom is -0.391 e. The third-order valence-electron chi connectivity index (χ3n) is 6.32. The van der Waals surface area contributed by atoms with Gasteiger partial charge in [0, 0.05) is 25.4 Å². The summed E-state index contributed by atoms with van der Waals surface area (Å²) >= 11 is 0. The molecule has 2 aliphatic rings. The van der Waals surface area contributed by atoms with E-state index in [1.807, 2.05) is 5.32 Å². The van der Waals surface area contributed by atoms with Gasteiger partial charge < -0.3 is 15.3 Å². The molecule has 0 bridgehead atoms. The number of aromatic nitrogens is 3. The van der Waals surface area contributed by atoms with Crippen LogP contribution in [0.3, 0.4) is 0 Å². The number of amides is 1. The van der Waals surface area contributed by atoms with Gasteiger partial charge in [0.05, 0.1) is 17.7 Å². The standard InChI is InChI=1S/C23H20F5N5O3/c24-12-7-16(25)21(29-8-12)33-10-15(22(36)31-19(11-1-2-11)23(26,27)28)18(35)14-3-4-17(30-20(14)33)32-6-5-13(34)9-32/h3-4,7-8,10-11,13,19,34H,1-2,5-6,9H2,(H,31,36)/t13-,19?/m1/s1. The maximum absolute atomic E-state index is 14.7. The maximum atomic E-state index is 14.7. The van der Waals surface area contributed by atoms with Crippen LogP contribution >= 0.6 is 0 Å². The fourth-order valence-electron chi connectivity index (χ4n) is 4.34. The summed E-state index contributed by atoms with van der Waals surface area (Å²) < 4.78 is 69.6. The second-order valence-corrected chi connectivity index (χ2v) is 8.96. The zero-order chi connectivity index (χ0) is 25.8. The van der Waals surface area contributed by atoms with E-state index in [-0.39, 0.29) is 30.4 Å². The van der Waals surface area contributed by atoms with Gasteiger partial charge in [-0.2, -0.15) is 13.2 Å². The molecule has 1 saturated heterocycles. The Morgan fingerprint density at radius 3 is 2.56 bits per heavy atom. The summed E-state index contributed by atoms with van der Waals surface area (Å²) in [6.07, 6.45) is -2.66. The van der Waals surface area contributed by atoms with Gasteiger partial charge in [-0.25, -0.2) is 18.7 Å². The number of fused-ring (bicyclic) bond motifs is 1. The number of aliphatic hydroxyl groups is 1. The Bertz CT molecular complexity index is 1410. The van der Waals surface area contributed by atoms with Gasteiger partial charge in [0.25, 0.3) is 5.91 Å². The van der Waals surface area contributed by atoms with Crippen molar-refractivity contribution >= 4 is 22.8 Å². The normalized spacial score (nSPS) is 19.1. The molecule has 4 heterocycles. The fourth-order valence-corrected chi connectivity index (χ4v) is 4.34. The van der Waals surface area contributed by atoms with Gasteiger partial charge in [-0.3, -0.25) is 14.2 Å². The average molecular weight is 509 g/mol. The minimum absolute atomic E-state index is 0.136. The lowest BCUT2D eigenvalue weighted by Gasteiger charge is -2.22. The highest BCUT2D eigenvalue weighted by atomic mass is 19.4. The van der Waals surface area contributed by atoms with E-state index in [4.69, 9.17) is 0 Å². The van der Waals surface area contributed by atoms with Crippen molar-refractivity contribution in [2.24, 2.45) is 5.92 Å². The van der Waals surface area contributed by atoms with Crippen molar-refractivity contribution in [1.29, 1.82) is 0 Å². The quantitative estimate of drug-likeness (QED) is 0.514. The van der Waals surface area contributed by atoms with Crippen LogP contribution < -0.4 is 15.6 Å². The summed E-state index contributed by atoms with van der Waals surface area (Å²) in [4.78, 5) is 35.9. The molecule has 13 heteroatoms. The molecule has 1 saturated carbocycles. The molecule has 0 aromatic carbocycles. The van der Waals surface area contributed by atoms with Gasteiger partial charge in [-0.05, 0) is 37.3 Å². The first-order valence-electron chi connectivity index (χ1n) is 11.2. The van der Waals surface area contributed by atoms with Crippen LogP contribution in [-0.4, -0.2) is 57.0 Å². The molecule has 3 aromatic rings. The summed E-state index contributed by atoms with van der Waals surface area (Å²) in [5.41, 5.74) is -1.71. The molecule has 5 rings (SSSR count). The Labute approximate surface area is 200 Å². The molecule has 2 N–H and O–H groups in total. The topological polar surface area (TPSA) is 100 Å². The Kier molecular flexibility index (Phi) is 5.89. The van der Waals surface area contributed by atoms with E-state index < -0.39 is 58.6 Å². The zero-order valence-corrected chi connectivity index (χ0v) is 18.6. The summed E-state index contributed by atoms with van der Waals surface area (Å²) in [5.74, 6) is -4.33. The Balaban J connectivity index is 1.65. The van der Waals surface area contributed by atoms with Gasteiger partial charge in [-0.15, -0.1) is 0 Å². The Morgan fingerprint density at radius 2 is 1.94 bits per heavy atom. The van der Waals surface area contributed by atoms with E-state index in [9.17, 15) is 36.6 Å². The molecule has 190 valence electrons. The highest BCUT2D eigenvalue weighted by Gasteiger charge is 2.49. The highest BCUT2D eigenvalue weighted by molar-refractivity contribution is 5.97. The minimum atomic E-state index is -4.71. The second-order valence-electron chi connectivity index (χ2n) is 8.96. The zero-order valence-electron chi connectivity index (χ0n) is 18.6. The van der Waals surface area contributed by atoms with Crippen LogP contribution in [0.1, 0.15) is 29.6 Å². The van der Waals surface area contributed by atoms with Gasteiger partial charge in [0.1, 0.15) is 23.2 Å². The first-order valence-corrected chi connectivity index (χ1v) is 11.2. The number of nitrogens with one attached hydrogen (secondary N) is 1. The molecule has 2 fully saturated rings. The summed E-state index contributed by atoms with van der Waals surface area (Å²) in [7, 11) is 0. The third kappa shape index (κ3) is 4.50. The van der Waals surface area contributed by atoms with Gasteiger partial charge in [-0.1, -0.05) is 0 Å². The van der Waals surface area contributed by atoms with Crippen molar-refractivity contribution in [2.75, 3.05) is 18.0 Å². The van der Waals surface area contributed by atoms with Crippen LogP contribution in [0.4, 0.5) is 27.8 Å². The van der Waals surface area contributed by atoms with Gasteiger partial charge in [0.15, 0.2) is 17.3 Å². The lowest BCUT2D eigenvalue weighted by atomic mass is 10.1. The van der Waals surface area contributed by atoms with Gasteiger partial charge in [0.2, 0.25) is 5.43 Å². The molecule has 8 nitrogen and oxygen atoms in total. The average Bonchev–Trinajstić information content (AvgIpc) is 3.56. The predicted octanol–water partition coefficient (Wildman–Crippen LogP) is 2.70.